The van der Waals surface area contributed by atoms with Gasteiger partial charge in [0.1, 0.15) is 6.61 Å². The molecule has 2 aromatic carbocycles. The second kappa shape index (κ2) is 7.75. The fraction of sp³-hybridized carbons (Fsp3) is 0.235. The van der Waals surface area contributed by atoms with E-state index in [0.717, 1.165) is 17.7 Å². The lowest BCUT2D eigenvalue weighted by Gasteiger charge is -2.05. The number of rotatable bonds is 6. The van der Waals surface area contributed by atoms with Gasteiger partial charge in [-0.2, -0.15) is 0 Å². The molecule has 0 N–H and O–H groups in total. The zero-order chi connectivity index (χ0) is 14.2. The molecule has 104 valence electrons. The number of benzene rings is 2. The monoisotopic (exact) mass is 286 g/mol. The van der Waals surface area contributed by atoms with Crippen molar-refractivity contribution in [1.29, 1.82) is 0 Å². The molecule has 0 unspecified atom stereocenters. The molecule has 0 saturated carbocycles. The van der Waals surface area contributed by atoms with Crippen LogP contribution in [0.1, 0.15) is 18.1 Å². The van der Waals surface area contributed by atoms with E-state index in [1.807, 2.05) is 30.0 Å². The Labute approximate surface area is 124 Å². The Hall–Kier alpha value is -1.74. The highest BCUT2D eigenvalue weighted by Gasteiger charge is 1.99. The van der Waals surface area contributed by atoms with Crippen LogP contribution in [0.25, 0.3) is 0 Å². The van der Waals surface area contributed by atoms with Crippen molar-refractivity contribution in [2.45, 2.75) is 24.8 Å². The summed E-state index contributed by atoms with van der Waals surface area (Å²) < 4.78 is 4.96. The minimum Gasteiger partial charge on any atom is -0.461 e. The number of ether oxygens (including phenoxy) is 1. The highest BCUT2D eigenvalue weighted by molar-refractivity contribution is 7.99. The fourth-order valence-corrected chi connectivity index (χ4v) is 2.71. The summed E-state index contributed by atoms with van der Waals surface area (Å²) in [6.07, 6.45) is 1.04. The molecular weight excluding hydrogens is 268 g/mol. The van der Waals surface area contributed by atoms with Crippen LogP contribution < -0.4 is 0 Å². The van der Waals surface area contributed by atoms with Crippen LogP contribution in [0.3, 0.4) is 0 Å². The van der Waals surface area contributed by atoms with E-state index < -0.39 is 0 Å². The molecule has 0 fully saturated rings. The Morgan fingerprint density at radius 1 is 1.00 bits per heavy atom. The largest absolute Gasteiger partial charge is 0.461 e. The van der Waals surface area contributed by atoms with Gasteiger partial charge in [-0.05, 0) is 29.7 Å². The van der Waals surface area contributed by atoms with E-state index in [2.05, 4.69) is 36.4 Å². The van der Waals surface area contributed by atoms with Crippen LogP contribution in [-0.2, 0) is 22.6 Å². The van der Waals surface area contributed by atoms with E-state index in [1.165, 1.54) is 17.4 Å². The summed E-state index contributed by atoms with van der Waals surface area (Å²) in [5.74, 6) is 0.821. The molecule has 0 aliphatic heterocycles. The molecule has 2 aromatic rings. The Morgan fingerprint density at radius 2 is 1.65 bits per heavy atom. The first-order chi connectivity index (χ1) is 9.74. The molecule has 0 radical (unpaired) electrons. The Bertz CT molecular complexity index is 535. The summed E-state index contributed by atoms with van der Waals surface area (Å²) in [7, 11) is 0. The molecule has 3 heteroatoms. The van der Waals surface area contributed by atoms with Crippen LogP contribution >= 0.6 is 11.8 Å². The van der Waals surface area contributed by atoms with Crippen LogP contribution in [0, 0.1) is 0 Å². The van der Waals surface area contributed by atoms with E-state index >= 15 is 0 Å². The van der Waals surface area contributed by atoms with Gasteiger partial charge in [0.25, 0.3) is 0 Å². The Morgan fingerprint density at radius 3 is 2.30 bits per heavy atom. The van der Waals surface area contributed by atoms with Gasteiger partial charge >= 0.3 is 5.97 Å². The molecule has 0 amide bonds. The maximum Gasteiger partial charge on any atom is 0.302 e. The van der Waals surface area contributed by atoms with Crippen LogP contribution in [0.4, 0.5) is 0 Å². The van der Waals surface area contributed by atoms with Crippen molar-refractivity contribution in [3.05, 3.63) is 65.7 Å². The average molecular weight is 286 g/mol. The van der Waals surface area contributed by atoms with E-state index in [0.29, 0.717) is 6.61 Å². The summed E-state index contributed by atoms with van der Waals surface area (Å²) in [4.78, 5) is 12.0. The van der Waals surface area contributed by atoms with Gasteiger partial charge in [-0.25, -0.2) is 0 Å². The van der Waals surface area contributed by atoms with Gasteiger partial charge in [-0.1, -0.05) is 42.5 Å². The number of aryl methyl sites for hydroxylation is 1. The van der Waals surface area contributed by atoms with Gasteiger partial charge in [-0.15, -0.1) is 11.8 Å². The predicted molar refractivity (Wildman–Crippen MR) is 82.8 cm³/mol. The molecule has 0 spiro atoms. The van der Waals surface area contributed by atoms with Crippen molar-refractivity contribution in [3.63, 3.8) is 0 Å². The number of esters is 1. The smallest absolute Gasteiger partial charge is 0.302 e. The summed E-state index contributed by atoms with van der Waals surface area (Å²) in [6, 6.07) is 18.7. The van der Waals surface area contributed by atoms with Crippen molar-refractivity contribution >= 4 is 17.7 Å². The number of carbonyl (C=O) groups excluding carboxylic acids is 1. The standard InChI is InChI=1S/C17H18O2S/c1-14(18)19-13-16-9-7-15(8-10-16)11-12-20-17-5-3-2-4-6-17/h2-10H,11-13H2,1H3. The number of hydrogen-bond acceptors (Lipinski definition) is 3. The second-order valence-corrected chi connectivity index (χ2v) is 5.68. The minimum atomic E-state index is -0.242. The Balaban J connectivity index is 1.77. The molecule has 0 saturated heterocycles. The van der Waals surface area contributed by atoms with Crippen LogP contribution in [0.15, 0.2) is 59.5 Å². The van der Waals surface area contributed by atoms with Crippen LogP contribution in [0.2, 0.25) is 0 Å². The van der Waals surface area contributed by atoms with Crippen molar-refractivity contribution in [2.75, 3.05) is 5.75 Å². The van der Waals surface area contributed by atoms with Crippen LogP contribution in [0.5, 0.6) is 0 Å². The molecule has 0 aliphatic rings. The third kappa shape index (κ3) is 5.10. The molecule has 2 rings (SSSR count). The van der Waals surface area contributed by atoms with Gasteiger partial charge < -0.3 is 4.74 Å². The van der Waals surface area contributed by atoms with Gasteiger partial charge in [0.05, 0.1) is 0 Å². The maximum atomic E-state index is 10.7. The molecule has 0 atom stereocenters. The third-order valence-electron chi connectivity index (χ3n) is 2.87. The number of carbonyl (C=O) groups is 1. The number of hydrogen-bond donors (Lipinski definition) is 0. The minimum absolute atomic E-state index is 0.242. The average Bonchev–Trinajstić information content (AvgIpc) is 2.47. The van der Waals surface area contributed by atoms with Gasteiger partial charge in [-0.3, -0.25) is 4.79 Å². The summed E-state index contributed by atoms with van der Waals surface area (Å²) in [6.45, 7) is 1.78. The molecule has 2 nitrogen and oxygen atoms in total. The quantitative estimate of drug-likeness (QED) is 0.591. The van der Waals surface area contributed by atoms with Gasteiger partial charge in [0, 0.05) is 17.6 Å². The van der Waals surface area contributed by atoms with E-state index in [9.17, 15) is 4.79 Å². The molecule has 20 heavy (non-hydrogen) atoms. The highest BCUT2D eigenvalue weighted by atomic mass is 32.2. The summed E-state index contributed by atoms with van der Waals surface area (Å²) in [5.41, 5.74) is 2.33. The third-order valence-corrected chi connectivity index (χ3v) is 3.88. The normalized spacial score (nSPS) is 10.2. The zero-order valence-electron chi connectivity index (χ0n) is 11.5. The fourth-order valence-electron chi connectivity index (χ4n) is 1.79. The van der Waals surface area contributed by atoms with Crippen molar-refractivity contribution < 1.29 is 9.53 Å². The van der Waals surface area contributed by atoms with E-state index in [-0.39, 0.29) is 5.97 Å². The molecule has 0 bridgehead atoms. The molecule has 0 aromatic heterocycles. The zero-order valence-corrected chi connectivity index (χ0v) is 12.4. The van der Waals surface area contributed by atoms with E-state index in [4.69, 9.17) is 4.74 Å². The topological polar surface area (TPSA) is 26.3 Å². The maximum absolute atomic E-state index is 10.7. The van der Waals surface area contributed by atoms with Crippen molar-refractivity contribution in [1.82, 2.24) is 0 Å². The lowest BCUT2D eigenvalue weighted by Crippen LogP contribution is -1.99. The highest BCUT2D eigenvalue weighted by Crippen LogP contribution is 2.18. The number of thioether (sulfide) groups is 1. The summed E-state index contributed by atoms with van der Waals surface area (Å²) >= 11 is 1.86. The van der Waals surface area contributed by atoms with E-state index in [1.54, 1.807) is 0 Å². The first-order valence-electron chi connectivity index (χ1n) is 6.63. The lowest BCUT2D eigenvalue weighted by molar-refractivity contribution is -0.142. The van der Waals surface area contributed by atoms with Gasteiger partial charge in [0.15, 0.2) is 0 Å². The molecular formula is C17H18O2S. The molecule has 0 heterocycles. The molecule has 0 aliphatic carbocycles. The Kier molecular flexibility index (Phi) is 5.69. The second-order valence-electron chi connectivity index (χ2n) is 4.51. The summed E-state index contributed by atoms with van der Waals surface area (Å²) in [5, 5.41) is 0. The van der Waals surface area contributed by atoms with Crippen molar-refractivity contribution in [3.8, 4) is 0 Å². The lowest BCUT2D eigenvalue weighted by atomic mass is 10.1. The predicted octanol–water partition coefficient (Wildman–Crippen LogP) is 4.08. The first kappa shape index (κ1) is 14.7. The van der Waals surface area contributed by atoms with Crippen LogP contribution in [-0.4, -0.2) is 11.7 Å². The SMILES string of the molecule is CC(=O)OCc1ccc(CCSc2ccccc2)cc1. The van der Waals surface area contributed by atoms with Crippen molar-refractivity contribution in [2.24, 2.45) is 0 Å². The van der Waals surface area contributed by atoms with Gasteiger partial charge in [0.2, 0.25) is 0 Å². The first-order valence-corrected chi connectivity index (χ1v) is 7.61.